The molecule has 0 aliphatic heterocycles. The summed E-state index contributed by atoms with van der Waals surface area (Å²) in [6.45, 7) is 0.513. The summed E-state index contributed by atoms with van der Waals surface area (Å²) in [5.74, 6) is 0.965. The number of H-pyrrole nitrogens is 1. The predicted molar refractivity (Wildman–Crippen MR) is 98.9 cm³/mol. The van der Waals surface area contributed by atoms with Crippen LogP contribution < -0.4 is 10.6 Å². The number of halogens is 2. The molecule has 0 saturated carbocycles. The Morgan fingerprint density at radius 1 is 1.21 bits per heavy atom. The van der Waals surface area contributed by atoms with Crippen molar-refractivity contribution < 1.29 is 4.79 Å². The number of amides is 2. The van der Waals surface area contributed by atoms with Crippen molar-refractivity contribution >= 4 is 46.0 Å². The molecule has 0 aliphatic rings. The van der Waals surface area contributed by atoms with Gasteiger partial charge in [0.15, 0.2) is 5.82 Å². The number of hydrogen-bond donors (Lipinski definition) is 3. The highest BCUT2D eigenvalue weighted by molar-refractivity contribution is 6.34. The number of anilines is 1. The van der Waals surface area contributed by atoms with Gasteiger partial charge in [-0.05, 0) is 24.1 Å². The Bertz CT molecular complexity index is 848. The van der Waals surface area contributed by atoms with Crippen molar-refractivity contribution in [2.75, 3.05) is 17.7 Å². The van der Waals surface area contributed by atoms with Crippen LogP contribution in [0.5, 0.6) is 0 Å². The van der Waals surface area contributed by atoms with E-state index < -0.39 is 0 Å². The van der Waals surface area contributed by atoms with E-state index >= 15 is 0 Å². The van der Waals surface area contributed by atoms with Crippen molar-refractivity contribution in [1.82, 2.24) is 15.5 Å². The van der Waals surface area contributed by atoms with E-state index in [1.54, 1.807) is 0 Å². The van der Waals surface area contributed by atoms with E-state index in [2.05, 4.69) is 20.8 Å². The number of benzene rings is 2. The number of hydrogen-bond acceptors (Lipinski definition) is 2. The molecule has 3 rings (SSSR count). The van der Waals surface area contributed by atoms with Gasteiger partial charge in [-0.1, -0.05) is 41.9 Å². The number of nitrogens with zero attached hydrogens (tertiary/aromatic N) is 1. The summed E-state index contributed by atoms with van der Waals surface area (Å²) in [4.78, 5) is 11.9. The third-order valence-corrected chi connectivity index (χ3v) is 4.14. The topological polar surface area (TPSA) is 69.8 Å². The minimum atomic E-state index is -0.315. The first-order chi connectivity index (χ1) is 11.7. The molecule has 2 aromatic carbocycles. The third-order valence-electron chi connectivity index (χ3n) is 3.56. The molecule has 1 heterocycles. The Morgan fingerprint density at radius 2 is 2.00 bits per heavy atom. The first kappa shape index (κ1) is 16.6. The molecule has 0 radical (unpaired) electrons. The summed E-state index contributed by atoms with van der Waals surface area (Å²) in [5, 5.41) is 13.9. The number of carbonyl (C=O) groups excluding carboxylic acids is 1. The maximum absolute atomic E-state index is 11.9. The normalized spacial score (nSPS) is 10.8. The van der Waals surface area contributed by atoms with Crippen LogP contribution in [0.15, 0.2) is 42.5 Å². The lowest BCUT2D eigenvalue weighted by Gasteiger charge is -2.07. The molecule has 124 valence electrons. The largest absolute Gasteiger partial charge is 0.338 e. The van der Waals surface area contributed by atoms with Crippen LogP contribution in [0.1, 0.15) is 6.42 Å². The van der Waals surface area contributed by atoms with Gasteiger partial charge < -0.3 is 5.32 Å². The maximum Gasteiger partial charge on any atom is 0.320 e. The summed E-state index contributed by atoms with van der Waals surface area (Å²) < 4.78 is 0. The van der Waals surface area contributed by atoms with Crippen LogP contribution in [0.4, 0.5) is 10.6 Å². The lowest BCUT2D eigenvalue weighted by Crippen LogP contribution is -2.29. The second kappa shape index (κ2) is 7.55. The fourth-order valence-corrected chi connectivity index (χ4v) is 2.80. The molecule has 0 spiro atoms. The van der Waals surface area contributed by atoms with Crippen LogP contribution in [0.3, 0.4) is 0 Å². The SMILES string of the molecule is O=C(NCCCCl)Nc1n[nH]c2cc(Cl)c(-c3ccccc3)cc12. The van der Waals surface area contributed by atoms with Gasteiger partial charge in [0, 0.05) is 23.4 Å². The fourth-order valence-electron chi connectivity index (χ4n) is 2.39. The number of alkyl halides is 1. The minimum Gasteiger partial charge on any atom is -0.338 e. The number of aromatic nitrogens is 2. The average Bonchev–Trinajstić information content (AvgIpc) is 2.97. The first-order valence-electron chi connectivity index (χ1n) is 7.53. The number of rotatable bonds is 5. The lowest BCUT2D eigenvalue weighted by atomic mass is 10.0. The molecular formula is C17H16Cl2N4O. The number of aromatic amines is 1. The quantitative estimate of drug-likeness (QED) is 0.457. The molecule has 0 unspecified atom stereocenters. The summed E-state index contributed by atoms with van der Waals surface area (Å²) >= 11 is 12.0. The van der Waals surface area contributed by atoms with Gasteiger partial charge in [-0.3, -0.25) is 10.4 Å². The highest BCUT2D eigenvalue weighted by atomic mass is 35.5. The molecule has 3 N–H and O–H groups in total. The number of urea groups is 1. The molecule has 0 saturated heterocycles. The zero-order valence-corrected chi connectivity index (χ0v) is 14.3. The minimum absolute atomic E-state index is 0.315. The van der Waals surface area contributed by atoms with E-state index in [4.69, 9.17) is 23.2 Å². The highest BCUT2D eigenvalue weighted by Gasteiger charge is 2.13. The second-order valence-electron chi connectivity index (χ2n) is 5.24. The summed E-state index contributed by atoms with van der Waals surface area (Å²) in [6.07, 6.45) is 0.712. The molecule has 0 aliphatic carbocycles. The average molecular weight is 363 g/mol. The van der Waals surface area contributed by atoms with E-state index in [0.29, 0.717) is 29.7 Å². The van der Waals surface area contributed by atoms with Crippen molar-refractivity contribution in [3.63, 3.8) is 0 Å². The standard InChI is InChI=1S/C17H16Cl2N4O/c18-7-4-8-20-17(24)21-16-13-9-12(11-5-2-1-3-6-11)14(19)10-15(13)22-23-16/h1-3,5-6,9-10H,4,7-8H2,(H3,20,21,22,23,24). The van der Waals surface area contributed by atoms with Crippen LogP contribution in [0, 0.1) is 0 Å². The summed E-state index contributed by atoms with van der Waals surface area (Å²) in [5.41, 5.74) is 2.65. The molecule has 0 fully saturated rings. The van der Waals surface area contributed by atoms with Crippen LogP contribution in [-0.2, 0) is 0 Å². The molecule has 3 aromatic rings. The maximum atomic E-state index is 11.9. The fraction of sp³-hybridized carbons (Fsp3) is 0.176. The van der Waals surface area contributed by atoms with Gasteiger partial charge in [-0.25, -0.2) is 4.79 Å². The monoisotopic (exact) mass is 362 g/mol. The van der Waals surface area contributed by atoms with E-state index in [9.17, 15) is 4.79 Å². The van der Waals surface area contributed by atoms with Gasteiger partial charge in [-0.15, -0.1) is 11.6 Å². The third kappa shape index (κ3) is 3.63. The smallest absolute Gasteiger partial charge is 0.320 e. The predicted octanol–water partition coefficient (Wildman–Crippen LogP) is 4.63. The van der Waals surface area contributed by atoms with Crippen LogP contribution in [-0.4, -0.2) is 28.7 Å². The Kier molecular flexibility index (Phi) is 5.23. The van der Waals surface area contributed by atoms with E-state index in [1.807, 2.05) is 42.5 Å². The zero-order chi connectivity index (χ0) is 16.9. The van der Waals surface area contributed by atoms with Gasteiger partial charge in [0.05, 0.1) is 10.5 Å². The highest BCUT2D eigenvalue weighted by Crippen LogP contribution is 2.33. The van der Waals surface area contributed by atoms with Crippen molar-refractivity contribution in [2.24, 2.45) is 0 Å². The molecule has 7 heteroatoms. The van der Waals surface area contributed by atoms with Crippen molar-refractivity contribution in [3.8, 4) is 11.1 Å². The van der Waals surface area contributed by atoms with Crippen molar-refractivity contribution in [2.45, 2.75) is 6.42 Å². The summed E-state index contributed by atoms with van der Waals surface area (Å²) in [7, 11) is 0. The number of carbonyl (C=O) groups is 1. The molecule has 1 aromatic heterocycles. The Hall–Kier alpha value is -2.24. The van der Waals surface area contributed by atoms with Crippen molar-refractivity contribution in [1.29, 1.82) is 0 Å². The van der Waals surface area contributed by atoms with Gasteiger partial charge in [0.25, 0.3) is 0 Å². The number of nitrogens with one attached hydrogen (secondary N) is 3. The van der Waals surface area contributed by atoms with Gasteiger partial charge in [0.2, 0.25) is 0 Å². The van der Waals surface area contributed by atoms with Crippen molar-refractivity contribution in [3.05, 3.63) is 47.5 Å². The number of fused-ring (bicyclic) bond motifs is 1. The molecular weight excluding hydrogens is 347 g/mol. The van der Waals surface area contributed by atoms with Gasteiger partial charge >= 0.3 is 6.03 Å². The Balaban J connectivity index is 1.89. The van der Waals surface area contributed by atoms with E-state index in [-0.39, 0.29) is 6.03 Å². The second-order valence-corrected chi connectivity index (χ2v) is 6.02. The molecule has 5 nitrogen and oxygen atoms in total. The van der Waals surface area contributed by atoms with Crippen LogP contribution in [0.2, 0.25) is 5.02 Å². The first-order valence-corrected chi connectivity index (χ1v) is 8.44. The van der Waals surface area contributed by atoms with Gasteiger partial charge in [0.1, 0.15) is 0 Å². The van der Waals surface area contributed by atoms with Crippen LogP contribution in [0.25, 0.3) is 22.0 Å². The van der Waals surface area contributed by atoms with E-state index in [1.165, 1.54) is 0 Å². The molecule has 24 heavy (non-hydrogen) atoms. The molecule has 2 amide bonds. The van der Waals surface area contributed by atoms with E-state index in [0.717, 1.165) is 22.0 Å². The van der Waals surface area contributed by atoms with Gasteiger partial charge in [-0.2, -0.15) is 5.10 Å². The zero-order valence-electron chi connectivity index (χ0n) is 12.8. The molecule has 0 bridgehead atoms. The lowest BCUT2D eigenvalue weighted by molar-refractivity contribution is 0.252. The summed E-state index contributed by atoms with van der Waals surface area (Å²) in [6, 6.07) is 13.2. The van der Waals surface area contributed by atoms with Crippen LogP contribution >= 0.6 is 23.2 Å². The molecule has 0 atom stereocenters. The Morgan fingerprint density at radius 3 is 2.75 bits per heavy atom. The Labute approximate surface area is 149 Å².